The van der Waals surface area contributed by atoms with Gasteiger partial charge in [-0.3, -0.25) is 4.90 Å². The van der Waals surface area contributed by atoms with Gasteiger partial charge in [0, 0.05) is 18.7 Å². The van der Waals surface area contributed by atoms with Crippen molar-refractivity contribution >= 4 is 5.97 Å². The van der Waals surface area contributed by atoms with E-state index in [4.69, 9.17) is 4.74 Å². The number of hydrogen-bond acceptors (Lipinski definition) is 4. The Bertz CT molecular complexity index is 466. The molecule has 0 saturated carbocycles. The van der Waals surface area contributed by atoms with Gasteiger partial charge in [0.05, 0.1) is 7.11 Å². The third-order valence-electron chi connectivity index (χ3n) is 3.80. The van der Waals surface area contributed by atoms with Gasteiger partial charge in [0.25, 0.3) is 0 Å². The van der Waals surface area contributed by atoms with Crippen molar-refractivity contribution < 1.29 is 19.0 Å². The number of benzene rings is 1. The number of rotatable bonds is 4. The first kappa shape index (κ1) is 14.9. The number of esters is 1. The molecule has 0 bridgehead atoms. The van der Waals surface area contributed by atoms with Gasteiger partial charge in [0.2, 0.25) is 0 Å². The van der Waals surface area contributed by atoms with Gasteiger partial charge in [-0.25, -0.2) is 9.18 Å². The van der Waals surface area contributed by atoms with E-state index in [-0.39, 0.29) is 12.5 Å². The summed E-state index contributed by atoms with van der Waals surface area (Å²) in [5.41, 5.74) is 0.331. The number of carbonyl (C=O) groups is 1. The summed E-state index contributed by atoms with van der Waals surface area (Å²) in [6, 6.07) is 5.52. The highest BCUT2D eigenvalue weighted by Crippen LogP contribution is 2.29. The smallest absolute Gasteiger partial charge is 0.327 e. The van der Waals surface area contributed by atoms with Crippen LogP contribution >= 0.6 is 0 Å². The molecule has 5 heteroatoms. The minimum Gasteiger partial charge on any atom is -0.468 e. The van der Waals surface area contributed by atoms with Crippen molar-refractivity contribution in [3.05, 3.63) is 35.6 Å². The second kappa shape index (κ2) is 6.81. The fraction of sp³-hybridized carbons (Fsp3) is 0.533. The molecule has 2 unspecified atom stereocenters. The van der Waals surface area contributed by atoms with Crippen LogP contribution in [0.2, 0.25) is 0 Å². The lowest BCUT2D eigenvalue weighted by atomic mass is 9.95. The molecule has 0 spiro atoms. The number of likely N-dealkylation sites (tertiary alicyclic amines) is 1. The Morgan fingerprint density at radius 3 is 2.95 bits per heavy atom. The van der Waals surface area contributed by atoms with Gasteiger partial charge in [-0.05, 0) is 31.4 Å². The maximum atomic E-state index is 14.0. The molecule has 1 fully saturated rings. The third-order valence-corrected chi connectivity index (χ3v) is 3.80. The minimum atomic E-state index is -0.740. The Balaban J connectivity index is 2.28. The lowest BCUT2D eigenvalue weighted by Crippen LogP contribution is -2.43. The second-order valence-corrected chi connectivity index (χ2v) is 5.13. The van der Waals surface area contributed by atoms with Crippen LogP contribution in [0.3, 0.4) is 0 Å². The standard InChI is InChI=1S/C15H20FNO3/c1-20-15(19)14(12-6-2-3-7-13(12)16)17-8-4-5-11(9-17)10-18/h2-3,6-7,11,14,18H,4-5,8-10H2,1H3. The number of ether oxygens (including phenoxy) is 1. The Labute approximate surface area is 118 Å². The van der Waals surface area contributed by atoms with Crippen molar-refractivity contribution in [2.45, 2.75) is 18.9 Å². The van der Waals surface area contributed by atoms with E-state index >= 15 is 0 Å². The summed E-state index contributed by atoms with van der Waals surface area (Å²) in [5.74, 6) is -0.745. The minimum absolute atomic E-state index is 0.0850. The highest BCUT2D eigenvalue weighted by atomic mass is 19.1. The summed E-state index contributed by atoms with van der Waals surface area (Å²) in [4.78, 5) is 14.0. The molecule has 20 heavy (non-hydrogen) atoms. The molecule has 2 atom stereocenters. The quantitative estimate of drug-likeness (QED) is 0.854. The molecule has 0 aromatic heterocycles. The van der Waals surface area contributed by atoms with Gasteiger partial charge in [-0.2, -0.15) is 0 Å². The van der Waals surface area contributed by atoms with Gasteiger partial charge >= 0.3 is 5.97 Å². The zero-order chi connectivity index (χ0) is 14.5. The number of carbonyl (C=O) groups excluding carboxylic acids is 1. The van der Waals surface area contributed by atoms with Gasteiger partial charge < -0.3 is 9.84 Å². The van der Waals surface area contributed by atoms with Crippen LogP contribution in [0.1, 0.15) is 24.4 Å². The fourth-order valence-corrected chi connectivity index (χ4v) is 2.76. The summed E-state index contributed by atoms with van der Waals surface area (Å²) < 4.78 is 18.8. The molecular weight excluding hydrogens is 261 g/mol. The maximum absolute atomic E-state index is 14.0. The Morgan fingerprint density at radius 2 is 2.30 bits per heavy atom. The van der Waals surface area contributed by atoms with Gasteiger partial charge in [-0.1, -0.05) is 18.2 Å². The Kier molecular flexibility index (Phi) is 5.09. The number of aliphatic hydroxyl groups excluding tert-OH is 1. The molecule has 4 nitrogen and oxygen atoms in total. The van der Waals surface area contributed by atoms with E-state index in [1.165, 1.54) is 13.2 Å². The highest BCUT2D eigenvalue weighted by molar-refractivity contribution is 5.77. The van der Waals surface area contributed by atoms with Crippen molar-refractivity contribution in [2.75, 3.05) is 26.8 Å². The molecule has 1 heterocycles. The van der Waals surface area contributed by atoms with Gasteiger partial charge in [0.1, 0.15) is 11.9 Å². The van der Waals surface area contributed by atoms with E-state index in [1.807, 2.05) is 4.90 Å². The second-order valence-electron chi connectivity index (χ2n) is 5.13. The highest BCUT2D eigenvalue weighted by Gasteiger charge is 2.33. The molecule has 0 aliphatic carbocycles. The number of nitrogens with zero attached hydrogens (tertiary/aromatic N) is 1. The van der Waals surface area contributed by atoms with Crippen LogP contribution in [0.4, 0.5) is 4.39 Å². The molecule has 110 valence electrons. The van der Waals surface area contributed by atoms with E-state index in [0.717, 1.165) is 12.8 Å². The first-order valence-corrected chi connectivity index (χ1v) is 6.84. The van der Waals surface area contributed by atoms with E-state index in [2.05, 4.69) is 0 Å². The molecule has 1 N–H and O–H groups in total. The molecule has 2 rings (SSSR count). The van der Waals surface area contributed by atoms with Crippen LogP contribution in [0, 0.1) is 11.7 Å². The normalized spacial score (nSPS) is 21.4. The maximum Gasteiger partial charge on any atom is 0.327 e. The van der Waals surface area contributed by atoms with Crippen molar-refractivity contribution in [3.8, 4) is 0 Å². The first-order chi connectivity index (χ1) is 9.67. The molecule has 0 radical (unpaired) electrons. The molecule has 1 aromatic rings. The summed E-state index contributed by atoms with van der Waals surface area (Å²) in [6.45, 7) is 1.36. The predicted octanol–water partition coefficient (Wildman–Crippen LogP) is 1.74. The number of halogens is 1. The molecule has 1 saturated heterocycles. The molecule has 1 aromatic carbocycles. The number of aliphatic hydroxyl groups is 1. The van der Waals surface area contributed by atoms with Gasteiger partial charge in [-0.15, -0.1) is 0 Å². The third kappa shape index (κ3) is 3.16. The topological polar surface area (TPSA) is 49.8 Å². The van der Waals surface area contributed by atoms with Crippen molar-refractivity contribution in [1.82, 2.24) is 4.90 Å². The predicted molar refractivity (Wildman–Crippen MR) is 72.5 cm³/mol. The average molecular weight is 281 g/mol. The van der Waals surface area contributed by atoms with Crippen molar-refractivity contribution in [3.63, 3.8) is 0 Å². The van der Waals surface area contributed by atoms with Gasteiger partial charge in [0.15, 0.2) is 0 Å². The Morgan fingerprint density at radius 1 is 1.55 bits per heavy atom. The van der Waals surface area contributed by atoms with E-state index in [0.29, 0.717) is 18.7 Å². The van der Waals surface area contributed by atoms with Crippen LogP contribution in [-0.4, -0.2) is 42.8 Å². The lowest BCUT2D eigenvalue weighted by Gasteiger charge is -2.36. The van der Waals surface area contributed by atoms with Crippen LogP contribution < -0.4 is 0 Å². The summed E-state index contributed by atoms with van der Waals surface area (Å²) in [6.07, 6.45) is 1.81. The van der Waals surface area contributed by atoms with Crippen LogP contribution in [0.25, 0.3) is 0 Å². The average Bonchev–Trinajstić information content (AvgIpc) is 2.49. The monoisotopic (exact) mass is 281 g/mol. The van der Waals surface area contributed by atoms with Crippen LogP contribution in [0.15, 0.2) is 24.3 Å². The fourth-order valence-electron chi connectivity index (χ4n) is 2.76. The number of methoxy groups -OCH3 is 1. The number of piperidine rings is 1. The number of hydrogen-bond donors (Lipinski definition) is 1. The van der Waals surface area contributed by atoms with E-state index in [1.54, 1.807) is 18.2 Å². The van der Waals surface area contributed by atoms with E-state index in [9.17, 15) is 14.3 Å². The molecular formula is C15H20FNO3. The SMILES string of the molecule is COC(=O)C(c1ccccc1F)N1CCCC(CO)C1. The zero-order valence-electron chi connectivity index (χ0n) is 11.6. The van der Waals surface area contributed by atoms with Crippen molar-refractivity contribution in [1.29, 1.82) is 0 Å². The Hall–Kier alpha value is -1.46. The van der Waals surface area contributed by atoms with Crippen LogP contribution in [0.5, 0.6) is 0 Å². The molecule has 0 amide bonds. The largest absolute Gasteiger partial charge is 0.468 e. The van der Waals surface area contributed by atoms with Crippen molar-refractivity contribution in [2.24, 2.45) is 5.92 Å². The van der Waals surface area contributed by atoms with E-state index < -0.39 is 17.8 Å². The summed E-state index contributed by atoms with van der Waals surface area (Å²) >= 11 is 0. The lowest BCUT2D eigenvalue weighted by molar-refractivity contribution is -0.148. The summed E-state index contributed by atoms with van der Waals surface area (Å²) in [7, 11) is 1.31. The summed E-state index contributed by atoms with van der Waals surface area (Å²) in [5, 5.41) is 9.29. The molecule has 1 aliphatic heterocycles. The zero-order valence-corrected chi connectivity index (χ0v) is 11.6. The van der Waals surface area contributed by atoms with Crippen LogP contribution in [-0.2, 0) is 9.53 Å². The molecule has 1 aliphatic rings. The first-order valence-electron chi connectivity index (χ1n) is 6.84.